The van der Waals surface area contributed by atoms with Crippen LogP contribution >= 0.6 is 12.2 Å². The van der Waals surface area contributed by atoms with Gasteiger partial charge in [-0.3, -0.25) is 0 Å². The summed E-state index contributed by atoms with van der Waals surface area (Å²) in [5.74, 6) is 1.09. The molecule has 0 unspecified atom stereocenters. The van der Waals surface area contributed by atoms with E-state index >= 15 is 0 Å². The van der Waals surface area contributed by atoms with Gasteiger partial charge in [-0.15, -0.1) is 0 Å². The largest absolute Gasteiger partial charge is 0.493 e. The van der Waals surface area contributed by atoms with Crippen molar-refractivity contribution < 1.29 is 13.8 Å². The fraction of sp³-hybridized carbons (Fsp3) is 0.462. The standard InChI is InChI=1S/C13H18BFNO2S/c1-4-5-6-18-13-8-11(16-9(2)19)10(14-15)7-12(13)17-3/h7-8H,4-6H2,1-3H3,(H,16,19). The van der Waals surface area contributed by atoms with Crippen LogP contribution < -0.4 is 20.3 Å². The number of thiocarbonyl (C=S) groups is 1. The SMILES string of the molecule is CCCCOc1cc(NC(C)=S)c([B]F)cc1OC. The van der Waals surface area contributed by atoms with Crippen LogP contribution in [-0.2, 0) is 0 Å². The van der Waals surface area contributed by atoms with E-state index in [0.29, 0.717) is 41.8 Å². The number of methoxy groups -OCH3 is 1. The van der Waals surface area contributed by atoms with Crippen molar-refractivity contribution in [3.8, 4) is 11.5 Å². The number of rotatable bonds is 7. The molecule has 0 saturated heterocycles. The third-order valence-corrected chi connectivity index (χ3v) is 2.62. The summed E-state index contributed by atoms with van der Waals surface area (Å²) < 4.78 is 23.7. The first-order chi connectivity index (χ1) is 9.12. The molecule has 1 N–H and O–H groups in total. The second-order valence-corrected chi connectivity index (χ2v) is 4.70. The van der Waals surface area contributed by atoms with Crippen LogP contribution in [0, 0.1) is 0 Å². The Morgan fingerprint density at radius 3 is 2.68 bits per heavy atom. The van der Waals surface area contributed by atoms with Crippen LogP contribution in [0.3, 0.4) is 0 Å². The second kappa shape index (κ2) is 7.99. The molecule has 0 heterocycles. The van der Waals surface area contributed by atoms with E-state index in [2.05, 4.69) is 12.2 Å². The van der Waals surface area contributed by atoms with Gasteiger partial charge in [0.15, 0.2) is 11.5 Å². The van der Waals surface area contributed by atoms with Crippen LogP contribution in [0.2, 0.25) is 0 Å². The summed E-state index contributed by atoms with van der Waals surface area (Å²) in [7, 11) is 2.04. The highest BCUT2D eigenvalue weighted by Gasteiger charge is 2.13. The molecule has 0 saturated carbocycles. The third kappa shape index (κ3) is 4.71. The molecule has 0 aromatic heterocycles. The maximum Gasteiger partial charge on any atom is 0.394 e. The molecule has 1 aromatic rings. The Labute approximate surface area is 119 Å². The summed E-state index contributed by atoms with van der Waals surface area (Å²) in [6.45, 7) is 4.42. The first-order valence-electron chi connectivity index (χ1n) is 6.18. The van der Waals surface area contributed by atoms with Gasteiger partial charge in [0, 0.05) is 11.8 Å². The van der Waals surface area contributed by atoms with Gasteiger partial charge in [0.1, 0.15) is 0 Å². The maximum absolute atomic E-state index is 12.9. The van der Waals surface area contributed by atoms with E-state index in [1.54, 1.807) is 19.1 Å². The lowest BCUT2D eigenvalue weighted by molar-refractivity contribution is 0.288. The number of nitrogens with one attached hydrogen (secondary N) is 1. The Kier molecular flexibility index (Phi) is 6.63. The molecule has 1 aromatic carbocycles. The molecule has 0 bridgehead atoms. The van der Waals surface area contributed by atoms with Crippen LogP contribution in [-0.4, -0.2) is 26.3 Å². The van der Waals surface area contributed by atoms with E-state index in [-0.39, 0.29) is 0 Å². The van der Waals surface area contributed by atoms with Crippen molar-refractivity contribution in [1.82, 2.24) is 0 Å². The summed E-state index contributed by atoms with van der Waals surface area (Å²) in [6.07, 6.45) is 2.00. The van der Waals surface area contributed by atoms with Crippen LogP contribution in [0.5, 0.6) is 11.5 Å². The number of unbranched alkanes of at least 4 members (excludes halogenated alkanes) is 1. The number of hydrogen-bond acceptors (Lipinski definition) is 3. The van der Waals surface area contributed by atoms with E-state index in [1.165, 1.54) is 7.11 Å². The molecule has 0 spiro atoms. The molecule has 0 amide bonds. The van der Waals surface area contributed by atoms with Crippen molar-refractivity contribution in [3.05, 3.63) is 12.1 Å². The summed E-state index contributed by atoms with van der Waals surface area (Å²) >= 11 is 4.98. The Morgan fingerprint density at radius 2 is 2.16 bits per heavy atom. The fourth-order valence-electron chi connectivity index (χ4n) is 1.56. The lowest BCUT2D eigenvalue weighted by atomic mass is 9.89. The van der Waals surface area contributed by atoms with Crippen molar-refractivity contribution in [1.29, 1.82) is 0 Å². The van der Waals surface area contributed by atoms with E-state index in [0.717, 1.165) is 12.8 Å². The van der Waals surface area contributed by atoms with Gasteiger partial charge in [0.05, 0.1) is 18.7 Å². The molecule has 0 atom stereocenters. The van der Waals surface area contributed by atoms with Gasteiger partial charge in [-0.1, -0.05) is 25.6 Å². The van der Waals surface area contributed by atoms with Gasteiger partial charge >= 0.3 is 7.56 Å². The molecule has 0 aliphatic heterocycles. The zero-order chi connectivity index (χ0) is 14.3. The van der Waals surface area contributed by atoms with E-state index < -0.39 is 0 Å². The van der Waals surface area contributed by atoms with Crippen LogP contribution in [0.4, 0.5) is 10.0 Å². The van der Waals surface area contributed by atoms with Gasteiger partial charge in [0.25, 0.3) is 0 Å². The molecular formula is C13H18BFNO2S. The number of anilines is 1. The Morgan fingerprint density at radius 1 is 1.42 bits per heavy atom. The summed E-state index contributed by atoms with van der Waals surface area (Å²) in [5.41, 5.74) is 0.950. The molecule has 103 valence electrons. The van der Waals surface area contributed by atoms with Crippen molar-refractivity contribution >= 4 is 35.9 Å². The zero-order valence-corrected chi connectivity index (χ0v) is 12.3. The van der Waals surface area contributed by atoms with Crippen LogP contribution in [0.15, 0.2) is 12.1 Å². The fourth-order valence-corrected chi connectivity index (χ4v) is 1.67. The Balaban J connectivity index is 3.02. The number of hydrogen-bond donors (Lipinski definition) is 1. The van der Waals surface area contributed by atoms with Crippen LogP contribution in [0.1, 0.15) is 26.7 Å². The van der Waals surface area contributed by atoms with E-state index in [9.17, 15) is 4.32 Å². The predicted octanol–water partition coefficient (Wildman–Crippen LogP) is 2.85. The molecule has 19 heavy (non-hydrogen) atoms. The number of halogens is 1. The molecule has 6 heteroatoms. The normalized spacial score (nSPS) is 9.89. The van der Waals surface area contributed by atoms with Gasteiger partial charge in [-0.25, -0.2) is 0 Å². The molecular weight excluding hydrogens is 264 g/mol. The molecule has 1 radical (unpaired) electrons. The number of benzene rings is 1. The van der Waals surface area contributed by atoms with Crippen LogP contribution in [0.25, 0.3) is 0 Å². The minimum atomic E-state index is 0.379. The minimum Gasteiger partial charge on any atom is -0.493 e. The van der Waals surface area contributed by atoms with E-state index in [4.69, 9.17) is 21.7 Å². The van der Waals surface area contributed by atoms with Gasteiger partial charge in [-0.05, 0) is 24.9 Å². The Hall–Kier alpha value is -1.30. The van der Waals surface area contributed by atoms with E-state index in [1.807, 2.05) is 0 Å². The summed E-state index contributed by atoms with van der Waals surface area (Å²) in [5, 5.41) is 2.93. The summed E-state index contributed by atoms with van der Waals surface area (Å²) in [6, 6.07) is 3.29. The first kappa shape index (κ1) is 15.8. The average Bonchev–Trinajstić information content (AvgIpc) is 2.38. The molecule has 1 rings (SSSR count). The maximum atomic E-state index is 12.9. The average molecular weight is 282 g/mol. The zero-order valence-electron chi connectivity index (χ0n) is 11.5. The summed E-state index contributed by atoms with van der Waals surface area (Å²) in [4.78, 5) is 0.563. The highest BCUT2D eigenvalue weighted by Crippen LogP contribution is 2.29. The quantitative estimate of drug-likeness (QED) is 0.473. The number of ether oxygens (including phenoxy) is 2. The van der Waals surface area contributed by atoms with Crippen molar-refractivity contribution in [2.45, 2.75) is 26.7 Å². The van der Waals surface area contributed by atoms with Gasteiger partial charge in [-0.2, -0.15) is 0 Å². The lowest BCUT2D eigenvalue weighted by Crippen LogP contribution is -2.19. The van der Waals surface area contributed by atoms with Crippen molar-refractivity contribution in [3.63, 3.8) is 0 Å². The molecule has 3 nitrogen and oxygen atoms in total. The Bertz CT molecular complexity index is 443. The monoisotopic (exact) mass is 282 g/mol. The van der Waals surface area contributed by atoms with Crippen molar-refractivity contribution in [2.75, 3.05) is 19.0 Å². The van der Waals surface area contributed by atoms with Gasteiger partial charge < -0.3 is 19.1 Å². The third-order valence-electron chi connectivity index (χ3n) is 2.52. The van der Waals surface area contributed by atoms with Gasteiger partial charge in [0.2, 0.25) is 0 Å². The smallest absolute Gasteiger partial charge is 0.394 e. The van der Waals surface area contributed by atoms with Crippen molar-refractivity contribution in [2.24, 2.45) is 0 Å². The topological polar surface area (TPSA) is 30.5 Å². The highest BCUT2D eigenvalue weighted by molar-refractivity contribution is 7.80. The second-order valence-electron chi connectivity index (χ2n) is 4.08. The first-order valence-corrected chi connectivity index (χ1v) is 6.59. The highest BCUT2D eigenvalue weighted by atomic mass is 32.1. The lowest BCUT2D eigenvalue weighted by Gasteiger charge is -2.15. The molecule has 0 aliphatic carbocycles. The molecule has 0 aliphatic rings. The molecule has 0 fully saturated rings. The minimum absolute atomic E-state index is 0.379. The predicted molar refractivity (Wildman–Crippen MR) is 81.8 cm³/mol.